The van der Waals surface area contributed by atoms with E-state index in [1.165, 1.54) is 0 Å². The molecule has 0 fully saturated rings. The van der Waals surface area contributed by atoms with Crippen LogP contribution in [0.15, 0.2) is 55.4 Å². The molecule has 1 aliphatic rings. The molecular weight excluding hydrogens is 310 g/mol. The number of hydrogen-bond donors (Lipinski definition) is 1. The summed E-state index contributed by atoms with van der Waals surface area (Å²) < 4.78 is 10.8. The number of rotatable bonds is 5. The predicted octanol–water partition coefficient (Wildman–Crippen LogP) is 2.88. The third kappa shape index (κ3) is 3.60. The van der Waals surface area contributed by atoms with Crippen LogP contribution in [-0.4, -0.2) is 23.4 Å². The summed E-state index contributed by atoms with van der Waals surface area (Å²) >= 11 is 5.53. The van der Waals surface area contributed by atoms with Crippen LogP contribution in [0, 0.1) is 0 Å². The van der Waals surface area contributed by atoms with Gasteiger partial charge in [0.1, 0.15) is 0 Å². The number of thiocarbonyl (C=S) groups is 1. The molecule has 0 unspecified atom stereocenters. The first-order valence-electron chi connectivity index (χ1n) is 7.23. The van der Waals surface area contributed by atoms with Crippen molar-refractivity contribution in [3.8, 4) is 11.5 Å². The van der Waals surface area contributed by atoms with E-state index in [0.717, 1.165) is 22.7 Å². The molecule has 23 heavy (non-hydrogen) atoms. The summed E-state index contributed by atoms with van der Waals surface area (Å²) in [5, 5.41) is 3.80. The van der Waals surface area contributed by atoms with E-state index in [4.69, 9.17) is 21.7 Å². The van der Waals surface area contributed by atoms with E-state index in [2.05, 4.69) is 16.9 Å². The van der Waals surface area contributed by atoms with Crippen molar-refractivity contribution in [3.63, 3.8) is 0 Å². The first-order chi connectivity index (χ1) is 11.3. The number of nitrogens with zero attached hydrogens (tertiary/aromatic N) is 2. The van der Waals surface area contributed by atoms with E-state index in [1.807, 2.05) is 35.2 Å². The fourth-order valence-electron chi connectivity index (χ4n) is 2.26. The molecule has 0 spiro atoms. The second-order valence-electron chi connectivity index (χ2n) is 4.95. The third-order valence-corrected chi connectivity index (χ3v) is 3.77. The zero-order chi connectivity index (χ0) is 16.1. The Bertz CT molecular complexity index is 706. The van der Waals surface area contributed by atoms with Crippen LogP contribution < -0.4 is 19.7 Å². The van der Waals surface area contributed by atoms with Crippen LogP contribution in [0.1, 0.15) is 5.56 Å². The van der Waals surface area contributed by atoms with Gasteiger partial charge in [0, 0.05) is 30.7 Å². The van der Waals surface area contributed by atoms with Gasteiger partial charge in [0.15, 0.2) is 16.6 Å². The highest BCUT2D eigenvalue weighted by atomic mass is 32.1. The maximum Gasteiger partial charge on any atom is 0.231 e. The lowest BCUT2D eigenvalue weighted by Crippen LogP contribution is -2.39. The maximum absolute atomic E-state index is 5.53. The van der Waals surface area contributed by atoms with Gasteiger partial charge in [0.25, 0.3) is 0 Å². The molecule has 1 aromatic heterocycles. The minimum atomic E-state index is 0.252. The number of benzene rings is 1. The van der Waals surface area contributed by atoms with Crippen molar-refractivity contribution in [2.45, 2.75) is 6.54 Å². The van der Waals surface area contributed by atoms with Crippen molar-refractivity contribution >= 4 is 23.0 Å². The Morgan fingerprint density at radius 3 is 2.83 bits per heavy atom. The van der Waals surface area contributed by atoms with Gasteiger partial charge in [-0.3, -0.25) is 4.98 Å². The van der Waals surface area contributed by atoms with Gasteiger partial charge in [0.2, 0.25) is 6.79 Å². The Morgan fingerprint density at radius 1 is 1.26 bits per heavy atom. The molecule has 0 radical (unpaired) electrons. The number of hydrogen-bond acceptors (Lipinski definition) is 4. The minimum Gasteiger partial charge on any atom is -0.454 e. The van der Waals surface area contributed by atoms with Gasteiger partial charge in [-0.1, -0.05) is 6.08 Å². The monoisotopic (exact) mass is 327 g/mol. The van der Waals surface area contributed by atoms with E-state index >= 15 is 0 Å². The molecule has 118 valence electrons. The van der Waals surface area contributed by atoms with Gasteiger partial charge in [0.05, 0.1) is 6.54 Å². The number of ether oxygens (including phenoxy) is 2. The Hall–Kier alpha value is -2.60. The van der Waals surface area contributed by atoms with Crippen molar-refractivity contribution < 1.29 is 9.47 Å². The van der Waals surface area contributed by atoms with Gasteiger partial charge in [-0.2, -0.15) is 0 Å². The lowest BCUT2D eigenvalue weighted by atomic mass is 10.2. The van der Waals surface area contributed by atoms with E-state index < -0.39 is 0 Å². The summed E-state index contributed by atoms with van der Waals surface area (Å²) in [5.74, 6) is 1.48. The molecule has 1 N–H and O–H groups in total. The van der Waals surface area contributed by atoms with Crippen LogP contribution in [0.2, 0.25) is 0 Å². The summed E-state index contributed by atoms with van der Waals surface area (Å²) in [6.07, 6.45) is 5.32. The van der Waals surface area contributed by atoms with Crippen molar-refractivity contribution in [2.75, 3.05) is 18.2 Å². The van der Waals surface area contributed by atoms with Gasteiger partial charge in [-0.15, -0.1) is 6.58 Å². The van der Waals surface area contributed by atoms with Gasteiger partial charge >= 0.3 is 0 Å². The third-order valence-electron chi connectivity index (χ3n) is 3.40. The molecule has 0 bridgehead atoms. The highest BCUT2D eigenvalue weighted by molar-refractivity contribution is 7.80. The molecule has 0 saturated heterocycles. The maximum atomic E-state index is 5.53. The Morgan fingerprint density at radius 2 is 2.04 bits per heavy atom. The molecule has 1 aromatic carbocycles. The average Bonchev–Trinajstić information content (AvgIpc) is 3.06. The van der Waals surface area contributed by atoms with E-state index in [9.17, 15) is 0 Å². The average molecular weight is 327 g/mol. The topological polar surface area (TPSA) is 46.6 Å². The second-order valence-corrected chi connectivity index (χ2v) is 5.34. The Balaban J connectivity index is 1.87. The van der Waals surface area contributed by atoms with Crippen LogP contribution in [0.25, 0.3) is 0 Å². The lowest BCUT2D eigenvalue weighted by molar-refractivity contribution is 0.174. The van der Waals surface area contributed by atoms with Gasteiger partial charge in [-0.05, 0) is 42.0 Å². The number of fused-ring (bicyclic) bond motifs is 1. The Kier molecular flexibility index (Phi) is 4.73. The molecule has 1 aliphatic heterocycles. The largest absolute Gasteiger partial charge is 0.454 e. The van der Waals surface area contributed by atoms with Crippen molar-refractivity contribution in [3.05, 3.63) is 60.9 Å². The summed E-state index contributed by atoms with van der Waals surface area (Å²) in [5.41, 5.74) is 2.05. The standard InChI is InChI=1S/C17H17N3O2S/c1-2-7-19-17(23)20(11-13-5-8-18-9-6-13)14-3-4-15-16(10-14)22-12-21-15/h2-6,8-10H,1,7,11-12H2,(H,19,23). The molecule has 2 heterocycles. The molecule has 0 aliphatic carbocycles. The molecule has 0 amide bonds. The molecule has 0 atom stereocenters. The number of anilines is 1. The summed E-state index contributed by atoms with van der Waals surface area (Å²) in [7, 11) is 0. The highest BCUT2D eigenvalue weighted by Gasteiger charge is 2.18. The molecule has 0 saturated carbocycles. The van der Waals surface area contributed by atoms with Gasteiger partial charge < -0.3 is 19.7 Å². The summed E-state index contributed by atoms with van der Waals surface area (Å²) in [4.78, 5) is 6.06. The number of nitrogens with one attached hydrogen (secondary N) is 1. The second kappa shape index (κ2) is 7.11. The summed E-state index contributed by atoms with van der Waals surface area (Å²) in [6, 6.07) is 9.74. The molecule has 6 heteroatoms. The van der Waals surface area contributed by atoms with Crippen LogP contribution in [0.3, 0.4) is 0 Å². The predicted molar refractivity (Wildman–Crippen MR) is 93.8 cm³/mol. The molecular formula is C17H17N3O2S. The summed E-state index contributed by atoms with van der Waals surface area (Å²) in [6.45, 7) is 5.20. The van der Waals surface area contributed by atoms with E-state index in [-0.39, 0.29) is 6.79 Å². The zero-order valence-electron chi connectivity index (χ0n) is 12.6. The van der Waals surface area contributed by atoms with Crippen LogP contribution in [0.5, 0.6) is 11.5 Å². The smallest absolute Gasteiger partial charge is 0.231 e. The first kappa shape index (κ1) is 15.3. The molecule has 2 aromatic rings. The van der Waals surface area contributed by atoms with Crippen molar-refractivity contribution in [1.82, 2.24) is 10.3 Å². The minimum absolute atomic E-state index is 0.252. The van der Waals surface area contributed by atoms with Gasteiger partial charge in [-0.25, -0.2) is 0 Å². The highest BCUT2D eigenvalue weighted by Crippen LogP contribution is 2.35. The SMILES string of the molecule is C=CCNC(=S)N(Cc1ccncc1)c1ccc2c(c1)OCO2. The zero-order valence-corrected chi connectivity index (χ0v) is 13.4. The van der Waals surface area contributed by atoms with E-state index in [0.29, 0.717) is 18.2 Å². The molecule has 5 nitrogen and oxygen atoms in total. The fourth-order valence-corrected chi connectivity index (χ4v) is 2.51. The lowest BCUT2D eigenvalue weighted by Gasteiger charge is -2.26. The van der Waals surface area contributed by atoms with Crippen LogP contribution >= 0.6 is 12.2 Å². The Labute approximate surface area is 140 Å². The van der Waals surface area contributed by atoms with Crippen LogP contribution in [-0.2, 0) is 6.54 Å². The fraction of sp³-hybridized carbons (Fsp3) is 0.176. The van der Waals surface area contributed by atoms with Crippen molar-refractivity contribution in [1.29, 1.82) is 0 Å². The first-order valence-corrected chi connectivity index (χ1v) is 7.63. The van der Waals surface area contributed by atoms with Crippen LogP contribution in [0.4, 0.5) is 5.69 Å². The number of pyridine rings is 1. The quantitative estimate of drug-likeness (QED) is 0.673. The van der Waals surface area contributed by atoms with Crippen molar-refractivity contribution in [2.24, 2.45) is 0 Å². The van der Waals surface area contributed by atoms with E-state index in [1.54, 1.807) is 18.5 Å². The molecule has 3 rings (SSSR count). The normalized spacial score (nSPS) is 11.8. The number of aromatic nitrogens is 1.